The molecule has 1 aromatic carbocycles. The third kappa shape index (κ3) is 2.84. The minimum atomic E-state index is 0.0665. The summed E-state index contributed by atoms with van der Waals surface area (Å²) in [7, 11) is 0. The Hall–Kier alpha value is -0.840. The molecule has 1 heterocycles. The number of benzene rings is 1. The van der Waals surface area contributed by atoms with Gasteiger partial charge in [-0.15, -0.1) is 0 Å². The molecule has 0 saturated heterocycles. The molecule has 1 unspecified atom stereocenters. The fourth-order valence-corrected chi connectivity index (χ4v) is 2.27. The maximum Gasteiger partial charge on any atom is 0.111 e. The van der Waals surface area contributed by atoms with Crippen LogP contribution in [0.25, 0.3) is 0 Å². The number of nitrogens with two attached hydrogens (primary N) is 1. The van der Waals surface area contributed by atoms with Gasteiger partial charge in [-0.1, -0.05) is 28.1 Å². The Kier molecular flexibility index (Phi) is 3.98. The van der Waals surface area contributed by atoms with Crippen molar-refractivity contribution in [3.05, 3.63) is 46.1 Å². The van der Waals surface area contributed by atoms with Crippen LogP contribution < -0.4 is 11.3 Å². The summed E-state index contributed by atoms with van der Waals surface area (Å²) in [5.41, 5.74) is 4.03. The van der Waals surface area contributed by atoms with Gasteiger partial charge in [0.1, 0.15) is 5.76 Å². The topological polar surface area (TPSA) is 47.3 Å². The van der Waals surface area contributed by atoms with E-state index in [0.29, 0.717) is 0 Å². The number of rotatable bonds is 4. The monoisotopic (exact) mass is 282 g/mol. The van der Waals surface area contributed by atoms with Gasteiger partial charge in [-0.2, -0.15) is 0 Å². The summed E-state index contributed by atoms with van der Waals surface area (Å²) in [5, 5.41) is 0. The molecule has 0 fully saturated rings. The highest BCUT2D eigenvalue weighted by atomic mass is 79.9. The van der Waals surface area contributed by atoms with E-state index in [1.807, 2.05) is 12.1 Å². The Morgan fingerprint density at radius 3 is 3.00 bits per heavy atom. The van der Waals surface area contributed by atoms with Gasteiger partial charge in [-0.3, -0.25) is 5.84 Å². The van der Waals surface area contributed by atoms with E-state index in [4.69, 9.17) is 10.6 Å². The molecule has 3 nitrogen and oxygen atoms in total. The van der Waals surface area contributed by atoms with Crippen molar-refractivity contribution in [3.63, 3.8) is 0 Å². The highest BCUT2D eigenvalue weighted by Gasteiger charge is 2.17. The van der Waals surface area contributed by atoms with Crippen molar-refractivity contribution in [1.29, 1.82) is 0 Å². The van der Waals surface area contributed by atoms with Crippen molar-refractivity contribution >= 4 is 15.9 Å². The van der Waals surface area contributed by atoms with Gasteiger partial charge >= 0.3 is 0 Å². The Bertz CT molecular complexity index is 392. The molecular weight excluding hydrogens is 268 g/mol. The van der Waals surface area contributed by atoms with Crippen molar-refractivity contribution in [2.24, 2.45) is 5.84 Å². The van der Waals surface area contributed by atoms with Crippen molar-refractivity contribution in [2.45, 2.75) is 18.9 Å². The zero-order valence-electron chi connectivity index (χ0n) is 8.95. The van der Waals surface area contributed by atoms with Gasteiger partial charge in [0, 0.05) is 10.9 Å². The van der Waals surface area contributed by atoms with E-state index < -0.39 is 0 Å². The van der Waals surface area contributed by atoms with E-state index in [-0.39, 0.29) is 6.04 Å². The lowest BCUT2D eigenvalue weighted by Gasteiger charge is -2.17. The second kappa shape index (κ2) is 5.48. The van der Waals surface area contributed by atoms with Crippen LogP contribution in [0.4, 0.5) is 0 Å². The number of ether oxygens (including phenoxy) is 1. The SMILES string of the molecule is NNC(Cc1cccc(Br)c1)C1=CCCO1. The molecule has 1 aliphatic heterocycles. The van der Waals surface area contributed by atoms with E-state index >= 15 is 0 Å². The summed E-state index contributed by atoms with van der Waals surface area (Å²) in [5.74, 6) is 6.52. The lowest BCUT2D eigenvalue weighted by molar-refractivity contribution is 0.214. The molecule has 86 valence electrons. The smallest absolute Gasteiger partial charge is 0.111 e. The summed E-state index contributed by atoms with van der Waals surface area (Å²) in [4.78, 5) is 0. The highest BCUT2D eigenvalue weighted by Crippen LogP contribution is 2.18. The van der Waals surface area contributed by atoms with Crippen LogP contribution in [0.5, 0.6) is 0 Å². The van der Waals surface area contributed by atoms with Crippen LogP contribution in [0.1, 0.15) is 12.0 Å². The molecule has 0 aromatic heterocycles. The summed E-state index contributed by atoms with van der Waals surface area (Å²) < 4.78 is 6.60. The molecule has 0 aliphatic carbocycles. The summed E-state index contributed by atoms with van der Waals surface area (Å²) in [6.07, 6.45) is 3.91. The first-order valence-electron chi connectivity index (χ1n) is 5.33. The van der Waals surface area contributed by atoms with Crippen molar-refractivity contribution in [3.8, 4) is 0 Å². The molecule has 0 amide bonds. The number of hydrogen-bond acceptors (Lipinski definition) is 3. The molecule has 0 spiro atoms. The molecule has 0 saturated carbocycles. The lowest BCUT2D eigenvalue weighted by atomic mass is 10.0. The van der Waals surface area contributed by atoms with E-state index in [2.05, 4.69) is 39.6 Å². The van der Waals surface area contributed by atoms with Gasteiger partial charge in [0.25, 0.3) is 0 Å². The molecule has 1 atom stereocenters. The van der Waals surface area contributed by atoms with Gasteiger partial charge < -0.3 is 4.74 Å². The number of nitrogens with one attached hydrogen (secondary N) is 1. The van der Waals surface area contributed by atoms with Gasteiger partial charge in [0.15, 0.2) is 0 Å². The molecule has 1 aliphatic rings. The van der Waals surface area contributed by atoms with Crippen molar-refractivity contribution < 1.29 is 4.74 Å². The van der Waals surface area contributed by atoms with E-state index in [1.165, 1.54) is 5.56 Å². The van der Waals surface area contributed by atoms with Crippen LogP contribution in [0.15, 0.2) is 40.6 Å². The second-order valence-corrected chi connectivity index (χ2v) is 4.71. The van der Waals surface area contributed by atoms with Crippen molar-refractivity contribution in [1.82, 2.24) is 5.43 Å². The summed E-state index contributed by atoms with van der Waals surface area (Å²) in [6, 6.07) is 8.29. The quantitative estimate of drug-likeness (QED) is 0.657. The normalized spacial score (nSPS) is 16.8. The Morgan fingerprint density at radius 2 is 2.38 bits per heavy atom. The summed E-state index contributed by atoms with van der Waals surface area (Å²) >= 11 is 3.46. The molecule has 1 aromatic rings. The first kappa shape index (κ1) is 11.6. The Morgan fingerprint density at radius 1 is 1.50 bits per heavy atom. The van der Waals surface area contributed by atoms with Gasteiger partial charge in [0.2, 0.25) is 0 Å². The molecule has 16 heavy (non-hydrogen) atoms. The Labute approximate surface area is 104 Å². The van der Waals surface area contributed by atoms with Crippen LogP contribution in [-0.2, 0) is 11.2 Å². The predicted octanol–water partition coefficient (Wildman–Crippen LogP) is 2.13. The largest absolute Gasteiger partial charge is 0.496 e. The maximum atomic E-state index is 5.56. The van der Waals surface area contributed by atoms with Gasteiger partial charge in [-0.25, -0.2) is 5.43 Å². The average molecular weight is 283 g/mol. The minimum Gasteiger partial charge on any atom is -0.496 e. The third-order valence-corrected chi connectivity index (χ3v) is 3.10. The molecule has 2 rings (SSSR count). The Balaban J connectivity index is 2.06. The summed E-state index contributed by atoms with van der Waals surface area (Å²) in [6.45, 7) is 0.770. The van der Waals surface area contributed by atoms with Crippen LogP contribution >= 0.6 is 15.9 Å². The molecule has 3 N–H and O–H groups in total. The highest BCUT2D eigenvalue weighted by molar-refractivity contribution is 9.10. The third-order valence-electron chi connectivity index (χ3n) is 2.61. The zero-order chi connectivity index (χ0) is 11.4. The molecule has 0 radical (unpaired) electrons. The van der Waals surface area contributed by atoms with Gasteiger partial charge in [0.05, 0.1) is 12.6 Å². The van der Waals surface area contributed by atoms with E-state index in [0.717, 1.165) is 29.7 Å². The van der Waals surface area contributed by atoms with Crippen LogP contribution in [0.2, 0.25) is 0 Å². The van der Waals surface area contributed by atoms with E-state index in [1.54, 1.807) is 0 Å². The number of hydrogen-bond donors (Lipinski definition) is 2. The predicted molar refractivity (Wildman–Crippen MR) is 67.6 cm³/mol. The van der Waals surface area contributed by atoms with Gasteiger partial charge in [-0.05, 0) is 30.2 Å². The van der Waals surface area contributed by atoms with E-state index in [9.17, 15) is 0 Å². The fraction of sp³-hybridized carbons (Fsp3) is 0.333. The minimum absolute atomic E-state index is 0.0665. The first-order valence-corrected chi connectivity index (χ1v) is 6.12. The molecular formula is C12H15BrN2O. The van der Waals surface area contributed by atoms with Crippen molar-refractivity contribution in [2.75, 3.05) is 6.61 Å². The molecule has 4 heteroatoms. The van der Waals surface area contributed by atoms with Crippen LogP contribution in [-0.4, -0.2) is 12.6 Å². The van der Waals surface area contributed by atoms with Crippen LogP contribution in [0.3, 0.4) is 0 Å². The fourth-order valence-electron chi connectivity index (χ4n) is 1.82. The lowest BCUT2D eigenvalue weighted by Crippen LogP contribution is -2.38. The average Bonchev–Trinajstić information content (AvgIpc) is 2.79. The molecule has 0 bridgehead atoms. The standard InChI is InChI=1S/C12H15BrN2O/c13-10-4-1-3-9(7-10)8-11(15-14)12-5-2-6-16-12/h1,3-5,7,11,15H,2,6,8,14H2. The number of halogens is 1. The maximum absolute atomic E-state index is 5.56. The first-order chi connectivity index (χ1) is 7.79. The zero-order valence-corrected chi connectivity index (χ0v) is 10.5. The number of hydrazine groups is 1. The van der Waals surface area contributed by atoms with Crippen LogP contribution in [0, 0.1) is 0 Å². The second-order valence-electron chi connectivity index (χ2n) is 3.80.